The lowest BCUT2D eigenvalue weighted by Gasteiger charge is -1.99. The third-order valence-corrected chi connectivity index (χ3v) is 1.93. The maximum atomic E-state index is 10.9. The second-order valence-electron chi connectivity index (χ2n) is 2.99. The van der Waals surface area contributed by atoms with Gasteiger partial charge in [0.2, 0.25) is 5.78 Å². The summed E-state index contributed by atoms with van der Waals surface area (Å²) in [6, 6.07) is 0. The molecule has 1 aliphatic carbocycles. The smallest absolute Gasteiger partial charge is 0.205 e. The van der Waals surface area contributed by atoms with Crippen molar-refractivity contribution < 1.29 is 4.79 Å². The summed E-state index contributed by atoms with van der Waals surface area (Å²) in [4.78, 5) is 10.9. The van der Waals surface area contributed by atoms with Crippen LogP contribution in [0.2, 0.25) is 0 Å². The van der Waals surface area contributed by atoms with Crippen LogP contribution in [-0.2, 0) is 4.79 Å². The molecule has 0 aromatic carbocycles. The van der Waals surface area contributed by atoms with E-state index in [1.54, 1.807) is 0 Å². The first-order valence-corrected chi connectivity index (χ1v) is 4.41. The van der Waals surface area contributed by atoms with Gasteiger partial charge >= 0.3 is 0 Å². The third-order valence-electron chi connectivity index (χ3n) is 1.93. The van der Waals surface area contributed by atoms with Crippen LogP contribution in [0.25, 0.3) is 0 Å². The Morgan fingerprint density at radius 1 is 1.00 bits per heavy atom. The predicted molar refractivity (Wildman–Crippen MR) is 45.1 cm³/mol. The van der Waals surface area contributed by atoms with E-state index in [1.165, 1.54) is 25.7 Å². The van der Waals surface area contributed by atoms with Crippen molar-refractivity contribution in [2.24, 2.45) is 0 Å². The van der Waals surface area contributed by atoms with Gasteiger partial charge in [-0.2, -0.15) is 0 Å². The van der Waals surface area contributed by atoms with Crippen molar-refractivity contribution in [1.29, 1.82) is 0 Å². The van der Waals surface area contributed by atoms with E-state index in [4.69, 9.17) is 0 Å². The summed E-state index contributed by atoms with van der Waals surface area (Å²) >= 11 is 0. The van der Waals surface area contributed by atoms with Crippen LogP contribution >= 0.6 is 0 Å². The molecule has 0 unspecified atom stereocenters. The number of hydrogen-bond acceptors (Lipinski definition) is 1. The Kier molecular flexibility index (Phi) is 3.75. The molecule has 0 atom stereocenters. The van der Waals surface area contributed by atoms with Crippen molar-refractivity contribution in [2.75, 3.05) is 0 Å². The summed E-state index contributed by atoms with van der Waals surface area (Å²) in [6.07, 6.45) is 7.54. The average Bonchev–Trinajstić information content (AvgIpc) is 2.03. The van der Waals surface area contributed by atoms with E-state index in [1.807, 2.05) is 0 Å². The summed E-state index contributed by atoms with van der Waals surface area (Å²) in [7, 11) is 0. The highest BCUT2D eigenvalue weighted by atomic mass is 16.1. The van der Waals surface area contributed by atoms with Crippen LogP contribution < -0.4 is 0 Å². The standard InChI is InChI=1S/C10H14O/c11-10-8-6-4-2-1-3-5-7-9-10/h1-6,8H2. The number of hydrogen-bond donors (Lipinski definition) is 0. The van der Waals surface area contributed by atoms with Crippen LogP contribution in [0.15, 0.2) is 0 Å². The summed E-state index contributed by atoms with van der Waals surface area (Å²) < 4.78 is 0. The Hall–Kier alpha value is -0.770. The van der Waals surface area contributed by atoms with Gasteiger partial charge in [0.15, 0.2) is 0 Å². The van der Waals surface area contributed by atoms with E-state index in [-0.39, 0.29) is 5.78 Å². The van der Waals surface area contributed by atoms with Gasteiger partial charge in [0, 0.05) is 12.8 Å². The predicted octanol–water partition coefficient (Wildman–Crippen LogP) is 2.30. The number of carbonyl (C=O) groups is 1. The lowest BCUT2D eigenvalue weighted by Crippen LogP contribution is -1.94. The molecule has 0 N–H and O–H groups in total. The highest BCUT2D eigenvalue weighted by molar-refractivity contribution is 5.95. The Morgan fingerprint density at radius 2 is 1.73 bits per heavy atom. The molecule has 1 rings (SSSR count). The largest absolute Gasteiger partial charge is 0.285 e. The number of Topliss-reactive ketones (excluding diaryl/α,β-unsaturated/α-hetero) is 1. The molecule has 0 amide bonds. The molecule has 60 valence electrons. The first-order valence-electron chi connectivity index (χ1n) is 4.41. The maximum Gasteiger partial charge on any atom is 0.205 e. The van der Waals surface area contributed by atoms with Crippen LogP contribution in [0.4, 0.5) is 0 Å². The van der Waals surface area contributed by atoms with Gasteiger partial charge in [-0.3, -0.25) is 4.79 Å². The third kappa shape index (κ3) is 3.83. The zero-order valence-corrected chi connectivity index (χ0v) is 6.86. The molecule has 1 nitrogen and oxygen atoms in total. The molecule has 0 aromatic heterocycles. The Morgan fingerprint density at radius 3 is 2.64 bits per heavy atom. The second kappa shape index (κ2) is 4.96. The summed E-state index contributed by atoms with van der Waals surface area (Å²) in [6.45, 7) is 0. The molecule has 0 saturated heterocycles. The van der Waals surface area contributed by atoms with Gasteiger partial charge in [-0.05, 0) is 18.8 Å². The van der Waals surface area contributed by atoms with Gasteiger partial charge in [0.05, 0.1) is 0 Å². The molecule has 1 aliphatic rings. The van der Waals surface area contributed by atoms with E-state index in [2.05, 4.69) is 11.8 Å². The van der Waals surface area contributed by atoms with Crippen LogP contribution in [0.1, 0.15) is 44.9 Å². The van der Waals surface area contributed by atoms with Crippen molar-refractivity contribution in [3.8, 4) is 11.8 Å². The molecule has 0 aliphatic heterocycles. The van der Waals surface area contributed by atoms with Crippen molar-refractivity contribution in [1.82, 2.24) is 0 Å². The normalized spacial score (nSPS) is 20.2. The second-order valence-corrected chi connectivity index (χ2v) is 2.99. The summed E-state index contributed by atoms with van der Waals surface area (Å²) in [5, 5.41) is 0. The minimum atomic E-state index is 0.131. The first-order chi connectivity index (χ1) is 5.39. The highest BCUT2D eigenvalue weighted by Crippen LogP contribution is 2.08. The summed E-state index contributed by atoms with van der Waals surface area (Å²) in [5.74, 6) is 5.70. The summed E-state index contributed by atoms with van der Waals surface area (Å²) in [5.41, 5.74) is 0. The van der Waals surface area contributed by atoms with Crippen molar-refractivity contribution in [3.63, 3.8) is 0 Å². The zero-order chi connectivity index (χ0) is 7.94. The molecule has 0 saturated carbocycles. The number of carbonyl (C=O) groups excluding carboxylic acids is 1. The Balaban J connectivity index is 2.37. The first kappa shape index (κ1) is 8.33. The fourth-order valence-corrected chi connectivity index (χ4v) is 1.25. The molecular weight excluding hydrogens is 136 g/mol. The maximum absolute atomic E-state index is 10.9. The minimum Gasteiger partial charge on any atom is -0.285 e. The monoisotopic (exact) mass is 150 g/mol. The fourth-order valence-electron chi connectivity index (χ4n) is 1.25. The SMILES string of the molecule is O=C1C#CCCCCCCC1. The Labute approximate surface area is 68.2 Å². The van der Waals surface area contributed by atoms with E-state index in [9.17, 15) is 4.79 Å². The topological polar surface area (TPSA) is 17.1 Å². The lowest BCUT2D eigenvalue weighted by atomic mass is 10.1. The quantitative estimate of drug-likeness (QED) is 0.382. The molecule has 0 heterocycles. The molecule has 1 heteroatoms. The van der Waals surface area contributed by atoms with Gasteiger partial charge in [0.1, 0.15) is 0 Å². The lowest BCUT2D eigenvalue weighted by molar-refractivity contribution is -0.113. The van der Waals surface area contributed by atoms with Crippen molar-refractivity contribution >= 4 is 5.78 Å². The molecule has 0 aromatic rings. The molecule has 0 radical (unpaired) electrons. The molecule has 0 fully saturated rings. The van der Waals surface area contributed by atoms with Crippen LogP contribution in [0.3, 0.4) is 0 Å². The fraction of sp³-hybridized carbons (Fsp3) is 0.700. The molecule has 0 bridgehead atoms. The molecule has 0 spiro atoms. The van der Waals surface area contributed by atoms with Gasteiger partial charge in [0.25, 0.3) is 0 Å². The van der Waals surface area contributed by atoms with Gasteiger partial charge in [-0.25, -0.2) is 0 Å². The van der Waals surface area contributed by atoms with E-state index in [0.29, 0.717) is 6.42 Å². The van der Waals surface area contributed by atoms with E-state index in [0.717, 1.165) is 12.8 Å². The van der Waals surface area contributed by atoms with E-state index < -0.39 is 0 Å². The minimum absolute atomic E-state index is 0.131. The average molecular weight is 150 g/mol. The van der Waals surface area contributed by atoms with E-state index >= 15 is 0 Å². The molecule has 11 heavy (non-hydrogen) atoms. The van der Waals surface area contributed by atoms with Crippen molar-refractivity contribution in [2.45, 2.75) is 44.9 Å². The van der Waals surface area contributed by atoms with Gasteiger partial charge in [-0.15, -0.1) is 0 Å². The zero-order valence-electron chi connectivity index (χ0n) is 6.86. The number of ketones is 1. The van der Waals surface area contributed by atoms with Crippen LogP contribution in [0, 0.1) is 11.8 Å². The van der Waals surface area contributed by atoms with Gasteiger partial charge in [-0.1, -0.05) is 25.2 Å². The Bertz CT molecular complexity index is 183. The van der Waals surface area contributed by atoms with Crippen molar-refractivity contribution in [3.05, 3.63) is 0 Å². The van der Waals surface area contributed by atoms with Crippen LogP contribution in [-0.4, -0.2) is 5.78 Å². The molecular formula is C10H14O. The van der Waals surface area contributed by atoms with Crippen LogP contribution in [0.5, 0.6) is 0 Å². The van der Waals surface area contributed by atoms with Gasteiger partial charge < -0.3 is 0 Å². The highest BCUT2D eigenvalue weighted by Gasteiger charge is 1.98. The number of rotatable bonds is 0.